The molecule has 0 spiro atoms. The van der Waals surface area contributed by atoms with Crippen molar-refractivity contribution in [1.82, 2.24) is 14.9 Å². The topological polar surface area (TPSA) is 58.3 Å². The third-order valence-corrected chi connectivity index (χ3v) is 3.18. The van der Waals surface area contributed by atoms with Gasteiger partial charge in [0.1, 0.15) is 0 Å². The second kappa shape index (κ2) is 5.93. The smallest absolute Gasteiger partial charge is 0.225 e. The minimum absolute atomic E-state index is 0.578. The van der Waals surface area contributed by atoms with Crippen LogP contribution in [0.1, 0.15) is 6.92 Å². The van der Waals surface area contributed by atoms with E-state index in [0.29, 0.717) is 5.92 Å². The van der Waals surface area contributed by atoms with Crippen LogP contribution in [0.4, 0.5) is 5.95 Å². The number of hydrogen-bond donors (Lipinski definition) is 1. The summed E-state index contributed by atoms with van der Waals surface area (Å²) >= 11 is 0. The van der Waals surface area contributed by atoms with E-state index in [0.717, 1.165) is 45.2 Å². The molecule has 5 nitrogen and oxygen atoms in total. The van der Waals surface area contributed by atoms with Crippen LogP contribution in [-0.2, 0) is 0 Å². The van der Waals surface area contributed by atoms with Gasteiger partial charge in [-0.1, -0.05) is 6.92 Å². The van der Waals surface area contributed by atoms with Gasteiger partial charge in [0.2, 0.25) is 5.95 Å². The lowest BCUT2D eigenvalue weighted by atomic mass is 10.1. The van der Waals surface area contributed by atoms with Crippen molar-refractivity contribution < 1.29 is 0 Å². The van der Waals surface area contributed by atoms with Gasteiger partial charge in [-0.2, -0.15) is 0 Å². The lowest BCUT2D eigenvalue weighted by Gasteiger charge is -2.35. The Kier molecular flexibility index (Phi) is 4.28. The molecule has 1 unspecified atom stereocenters. The Morgan fingerprint density at radius 2 is 1.88 bits per heavy atom. The van der Waals surface area contributed by atoms with E-state index in [2.05, 4.69) is 26.7 Å². The minimum atomic E-state index is 0.578. The number of nitrogens with two attached hydrogens (primary N) is 1. The fourth-order valence-corrected chi connectivity index (χ4v) is 2.10. The van der Waals surface area contributed by atoms with Gasteiger partial charge in [-0.25, -0.2) is 9.97 Å². The van der Waals surface area contributed by atoms with Gasteiger partial charge >= 0.3 is 0 Å². The summed E-state index contributed by atoms with van der Waals surface area (Å²) in [5.74, 6) is 1.42. The molecule has 1 aromatic heterocycles. The lowest BCUT2D eigenvalue weighted by molar-refractivity contribution is 0.226. The van der Waals surface area contributed by atoms with Crippen molar-refractivity contribution in [3.8, 4) is 0 Å². The first kappa shape index (κ1) is 12.3. The Bertz CT molecular complexity index is 321. The number of anilines is 1. The number of aromatic nitrogens is 2. The molecule has 2 heterocycles. The molecule has 0 aliphatic carbocycles. The van der Waals surface area contributed by atoms with Crippen molar-refractivity contribution in [1.29, 1.82) is 0 Å². The molecule has 1 aliphatic heterocycles. The molecule has 2 rings (SSSR count). The highest BCUT2D eigenvalue weighted by atomic mass is 15.3. The molecule has 2 N–H and O–H groups in total. The van der Waals surface area contributed by atoms with Gasteiger partial charge in [-0.05, 0) is 18.5 Å². The van der Waals surface area contributed by atoms with E-state index in [1.807, 2.05) is 6.07 Å². The molecule has 0 aromatic carbocycles. The van der Waals surface area contributed by atoms with Crippen molar-refractivity contribution >= 4 is 5.95 Å². The fourth-order valence-electron chi connectivity index (χ4n) is 2.10. The maximum Gasteiger partial charge on any atom is 0.225 e. The summed E-state index contributed by atoms with van der Waals surface area (Å²) in [4.78, 5) is 13.3. The molecule has 0 amide bonds. The van der Waals surface area contributed by atoms with Crippen molar-refractivity contribution in [3.63, 3.8) is 0 Å². The molecule has 17 heavy (non-hydrogen) atoms. The van der Waals surface area contributed by atoms with E-state index in [1.165, 1.54) is 0 Å². The number of piperazine rings is 1. The van der Waals surface area contributed by atoms with Crippen LogP contribution in [0.5, 0.6) is 0 Å². The van der Waals surface area contributed by atoms with Gasteiger partial charge in [0, 0.05) is 45.1 Å². The van der Waals surface area contributed by atoms with E-state index in [4.69, 9.17) is 5.73 Å². The van der Waals surface area contributed by atoms with Crippen LogP contribution in [0.15, 0.2) is 18.5 Å². The highest BCUT2D eigenvalue weighted by Crippen LogP contribution is 2.10. The van der Waals surface area contributed by atoms with Crippen LogP contribution in [-0.4, -0.2) is 54.1 Å². The predicted molar refractivity (Wildman–Crippen MR) is 68.9 cm³/mol. The summed E-state index contributed by atoms with van der Waals surface area (Å²) in [5.41, 5.74) is 5.65. The van der Waals surface area contributed by atoms with E-state index in [1.54, 1.807) is 12.4 Å². The van der Waals surface area contributed by atoms with Crippen LogP contribution in [0.3, 0.4) is 0 Å². The van der Waals surface area contributed by atoms with Crippen LogP contribution in [0.25, 0.3) is 0 Å². The normalized spacial score (nSPS) is 19.3. The molecular formula is C12H21N5. The van der Waals surface area contributed by atoms with E-state index >= 15 is 0 Å². The summed E-state index contributed by atoms with van der Waals surface area (Å²) < 4.78 is 0. The third-order valence-electron chi connectivity index (χ3n) is 3.18. The molecule has 1 saturated heterocycles. The molecule has 94 valence electrons. The molecule has 1 fully saturated rings. The molecule has 1 atom stereocenters. The van der Waals surface area contributed by atoms with Crippen molar-refractivity contribution in [3.05, 3.63) is 18.5 Å². The molecule has 1 aromatic rings. The maximum atomic E-state index is 5.65. The highest BCUT2D eigenvalue weighted by molar-refractivity contribution is 5.29. The van der Waals surface area contributed by atoms with Gasteiger partial charge in [0.25, 0.3) is 0 Å². The zero-order valence-electron chi connectivity index (χ0n) is 10.4. The molecule has 0 radical (unpaired) electrons. The molecule has 1 aliphatic rings. The van der Waals surface area contributed by atoms with E-state index < -0.39 is 0 Å². The van der Waals surface area contributed by atoms with Gasteiger partial charge in [-0.3, -0.25) is 4.90 Å². The summed E-state index contributed by atoms with van der Waals surface area (Å²) in [6.07, 6.45) is 3.59. The third kappa shape index (κ3) is 3.38. The Morgan fingerprint density at radius 1 is 1.24 bits per heavy atom. The van der Waals surface area contributed by atoms with Crippen molar-refractivity contribution in [2.45, 2.75) is 6.92 Å². The van der Waals surface area contributed by atoms with Crippen LogP contribution >= 0.6 is 0 Å². The monoisotopic (exact) mass is 235 g/mol. The summed E-state index contributed by atoms with van der Waals surface area (Å²) in [6.45, 7) is 8.21. The second-order valence-corrected chi connectivity index (χ2v) is 4.68. The summed E-state index contributed by atoms with van der Waals surface area (Å²) in [7, 11) is 0. The SMILES string of the molecule is CC(CN)CN1CCN(c2ncccn2)CC1. The highest BCUT2D eigenvalue weighted by Gasteiger charge is 2.19. The Morgan fingerprint density at radius 3 is 2.47 bits per heavy atom. The summed E-state index contributed by atoms with van der Waals surface area (Å²) in [6, 6.07) is 1.85. The Balaban J connectivity index is 1.82. The summed E-state index contributed by atoms with van der Waals surface area (Å²) in [5, 5.41) is 0. The Labute approximate surface area is 103 Å². The molecular weight excluding hydrogens is 214 g/mol. The lowest BCUT2D eigenvalue weighted by Crippen LogP contribution is -2.48. The second-order valence-electron chi connectivity index (χ2n) is 4.68. The quantitative estimate of drug-likeness (QED) is 0.807. The van der Waals surface area contributed by atoms with Crippen LogP contribution < -0.4 is 10.6 Å². The maximum absolute atomic E-state index is 5.65. The standard InChI is InChI=1S/C12H21N5/c1-11(9-13)10-16-5-7-17(8-6-16)12-14-3-2-4-15-12/h2-4,11H,5-10,13H2,1H3. The average molecular weight is 235 g/mol. The number of rotatable bonds is 4. The molecule has 5 heteroatoms. The first-order valence-electron chi connectivity index (χ1n) is 6.24. The zero-order chi connectivity index (χ0) is 12.1. The van der Waals surface area contributed by atoms with Gasteiger partial charge < -0.3 is 10.6 Å². The average Bonchev–Trinajstić information content (AvgIpc) is 2.40. The van der Waals surface area contributed by atoms with Crippen molar-refractivity contribution in [2.24, 2.45) is 11.7 Å². The predicted octanol–water partition coefficient (Wildman–Crippen LogP) is 0.193. The van der Waals surface area contributed by atoms with Crippen LogP contribution in [0, 0.1) is 5.92 Å². The number of hydrogen-bond acceptors (Lipinski definition) is 5. The van der Waals surface area contributed by atoms with Gasteiger partial charge in [0.05, 0.1) is 0 Å². The largest absolute Gasteiger partial charge is 0.338 e. The van der Waals surface area contributed by atoms with E-state index in [-0.39, 0.29) is 0 Å². The van der Waals surface area contributed by atoms with Crippen molar-refractivity contribution in [2.75, 3.05) is 44.2 Å². The zero-order valence-corrected chi connectivity index (χ0v) is 10.4. The van der Waals surface area contributed by atoms with E-state index in [9.17, 15) is 0 Å². The minimum Gasteiger partial charge on any atom is -0.338 e. The van der Waals surface area contributed by atoms with Gasteiger partial charge in [0.15, 0.2) is 0 Å². The first-order chi connectivity index (χ1) is 8.29. The fraction of sp³-hybridized carbons (Fsp3) is 0.667. The number of nitrogens with zero attached hydrogens (tertiary/aromatic N) is 4. The molecule has 0 bridgehead atoms. The van der Waals surface area contributed by atoms with Gasteiger partial charge in [-0.15, -0.1) is 0 Å². The molecule has 0 saturated carbocycles. The Hall–Kier alpha value is -1.20. The van der Waals surface area contributed by atoms with Crippen LogP contribution in [0.2, 0.25) is 0 Å². The first-order valence-corrected chi connectivity index (χ1v) is 6.24.